The second-order valence-corrected chi connectivity index (χ2v) is 6.03. The molecule has 0 aromatic carbocycles. The van der Waals surface area contributed by atoms with E-state index >= 15 is 0 Å². The van der Waals surface area contributed by atoms with Crippen molar-refractivity contribution < 1.29 is 28.7 Å². The number of esters is 2. The van der Waals surface area contributed by atoms with E-state index in [0.29, 0.717) is 6.42 Å². The van der Waals surface area contributed by atoms with Crippen molar-refractivity contribution in [2.75, 3.05) is 7.11 Å². The van der Waals surface area contributed by atoms with E-state index in [0.717, 1.165) is 7.11 Å². The van der Waals surface area contributed by atoms with E-state index in [2.05, 4.69) is 15.4 Å². The molecular formula is C14H22N2O6. The number of rotatable bonds is 5. The highest BCUT2D eigenvalue weighted by molar-refractivity contribution is 5.94. The first kappa shape index (κ1) is 17.9. The van der Waals surface area contributed by atoms with Gasteiger partial charge in [0.15, 0.2) is 0 Å². The van der Waals surface area contributed by atoms with Crippen LogP contribution in [-0.4, -0.2) is 48.5 Å². The summed E-state index contributed by atoms with van der Waals surface area (Å²) >= 11 is 0. The fourth-order valence-electron chi connectivity index (χ4n) is 1.97. The molecule has 0 aromatic heterocycles. The second-order valence-electron chi connectivity index (χ2n) is 6.03. The molecule has 0 bridgehead atoms. The Hall–Kier alpha value is -2.12. The zero-order valence-corrected chi connectivity index (χ0v) is 13.2. The molecule has 0 aliphatic carbocycles. The summed E-state index contributed by atoms with van der Waals surface area (Å²) in [5.74, 6) is -2.12. The van der Waals surface area contributed by atoms with Crippen molar-refractivity contribution in [2.45, 2.75) is 57.7 Å². The smallest absolute Gasteiger partial charge is 0.328 e. The summed E-state index contributed by atoms with van der Waals surface area (Å²) < 4.78 is 9.70. The topological polar surface area (TPSA) is 111 Å². The van der Waals surface area contributed by atoms with Crippen LogP contribution in [0.15, 0.2) is 0 Å². The van der Waals surface area contributed by atoms with Crippen molar-refractivity contribution in [1.82, 2.24) is 10.6 Å². The van der Waals surface area contributed by atoms with Gasteiger partial charge in [0, 0.05) is 6.42 Å². The Morgan fingerprint density at radius 2 is 2.00 bits per heavy atom. The summed E-state index contributed by atoms with van der Waals surface area (Å²) in [6.07, 6.45) is 0.272. The van der Waals surface area contributed by atoms with Crippen LogP contribution in [0.5, 0.6) is 0 Å². The molecular weight excluding hydrogens is 292 g/mol. The maximum atomic E-state index is 12.0. The molecule has 1 aliphatic rings. The molecule has 124 valence electrons. The summed E-state index contributed by atoms with van der Waals surface area (Å²) in [6.45, 7) is 5.10. The lowest BCUT2D eigenvalue weighted by molar-refractivity contribution is -0.159. The molecule has 22 heavy (non-hydrogen) atoms. The van der Waals surface area contributed by atoms with Gasteiger partial charge in [0.25, 0.3) is 0 Å². The van der Waals surface area contributed by atoms with E-state index in [1.54, 1.807) is 20.8 Å². The first-order chi connectivity index (χ1) is 10.1. The third kappa shape index (κ3) is 5.71. The van der Waals surface area contributed by atoms with Gasteiger partial charge in [-0.15, -0.1) is 0 Å². The van der Waals surface area contributed by atoms with Gasteiger partial charge < -0.3 is 20.1 Å². The van der Waals surface area contributed by atoms with Crippen LogP contribution in [0.2, 0.25) is 0 Å². The van der Waals surface area contributed by atoms with Crippen LogP contribution in [0.25, 0.3) is 0 Å². The van der Waals surface area contributed by atoms with Crippen LogP contribution in [0.3, 0.4) is 0 Å². The zero-order valence-electron chi connectivity index (χ0n) is 13.2. The van der Waals surface area contributed by atoms with Gasteiger partial charge >= 0.3 is 11.9 Å². The Balaban J connectivity index is 2.64. The van der Waals surface area contributed by atoms with Crippen LogP contribution < -0.4 is 10.6 Å². The Kier molecular flexibility index (Phi) is 5.90. The van der Waals surface area contributed by atoms with E-state index in [1.165, 1.54) is 0 Å². The molecule has 0 unspecified atom stereocenters. The van der Waals surface area contributed by atoms with Crippen molar-refractivity contribution in [1.29, 1.82) is 0 Å². The van der Waals surface area contributed by atoms with Crippen molar-refractivity contribution >= 4 is 23.8 Å². The first-order valence-corrected chi connectivity index (χ1v) is 7.02. The van der Waals surface area contributed by atoms with E-state index in [9.17, 15) is 19.2 Å². The molecule has 2 atom stereocenters. The Bertz CT molecular complexity index is 468. The van der Waals surface area contributed by atoms with Crippen LogP contribution in [0.1, 0.15) is 40.0 Å². The standard InChI is InChI=1S/C14H22N2O6/c1-14(2,3)22-11(18)7-9(13(20)21-4)16-12(19)8-5-6-10(17)15-8/h8-9H,5-7H2,1-4H3,(H,15,17)(H,16,19)/t8-,9-/m1/s1. The summed E-state index contributed by atoms with van der Waals surface area (Å²) in [4.78, 5) is 46.6. The van der Waals surface area contributed by atoms with Gasteiger partial charge in [0.2, 0.25) is 11.8 Å². The maximum absolute atomic E-state index is 12.0. The quantitative estimate of drug-likeness (QED) is 0.671. The van der Waals surface area contributed by atoms with Gasteiger partial charge in [-0.05, 0) is 27.2 Å². The molecule has 1 aliphatic heterocycles. The number of hydrogen-bond donors (Lipinski definition) is 2. The minimum atomic E-state index is -1.15. The number of amides is 2. The average molecular weight is 314 g/mol. The third-order valence-electron chi connectivity index (χ3n) is 2.90. The normalized spacial score (nSPS) is 19.1. The van der Waals surface area contributed by atoms with E-state index in [-0.39, 0.29) is 18.7 Å². The molecule has 0 saturated carbocycles. The highest BCUT2D eigenvalue weighted by Gasteiger charge is 2.32. The molecule has 8 nitrogen and oxygen atoms in total. The molecule has 8 heteroatoms. The number of carbonyl (C=O) groups is 4. The second kappa shape index (κ2) is 7.24. The van der Waals surface area contributed by atoms with Crippen LogP contribution in [0, 0.1) is 0 Å². The largest absolute Gasteiger partial charge is 0.467 e. The molecule has 1 fully saturated rings. The molecule has 1 heterocycles. The maximum Gasteiger partial charge on any atom is 0.328 e. The predicted octanol–water partition coefficient (Wildman–Crippen LogP) is -0.345. The zero-order chi connectivity index (χ0) is 16.9. The number of carbonyl (C=O) groups excluding carboxylic acids is 4. The SMILES string of the molecule is COC(=O)[C@@H](CC(=O)OC(C)(C)C)NC(=O)[C@H]1CCC(=O)N1. The van der Waals surface area contributed by atoms with E-state index in [4.69, 9.17) is 4.74 Å². The molecule has 2 amide bonds. The number of ether oxygens (including phenoxy) is 2. The lowest BCUT2D eigenvalue weighted by atomic mass is 10.1. The minimum Gasteiger partial charge on any atom is -0.467 e. The van der Waals surface area contributed by atoms with Crippen molar-refractivity contribution in [3.05, 3.63) is 0 Å². The summed E-state index contributed by atoms with van der Waals surface area (Å²) in [5, 5.41) is 4.91. The van der Waals surface area contributed by atoms with E-state index < -0.39 is 35.5 Å². The highest BCUT2D eigenvalue weighted by atomic mass is 16.6. The Morgan fingerprint density at radius 1 is 1.36 bits per heavy atom. The van der Waals surface area contributed by atoms with Gasteiger partial charge in [-0.3, -0.25) is 14.4 Å². The Morgan fingerprint density at radius 3 is 2.45 bits per heavy atom. The molecule has 0 radical (unpaired) electrons. The number of hydrogen-bond acceptors (Lipinski definition) is 6. The summed E-state index contributed by atoms with van der Waals surface area (Å²) in [5.41, 5.74) is -0.693. The summed E-state index contributed by atoms with van der Waals surface area (Å²) in [7, 11) is 1.16. The average Bonchev–Trinajstić information content (AvgIpc) is 2.81. The van der Waals surface area contributed by atoms with E-state index in [1.807, 2.05) is 0 Å². The van der Waals surface area contributed by atoms with Gasteiger partial charge in [-0.25, -0.2) is 4.79 Å². The molecule has 0 aromatic rings. The van der Waals surface area contributed by atoms with Gasteiger partial charge in [-0.1, -0.05) is 0 Å². The summed E-state index contributed by atoms with van der Waals surface area (Å²) in [6, 6.07) is -1.84. The molecule has 0 spiro atoms. The van der Waals surface area contributed by atoms with Gasteiger partial charge in [-0.2, -0.15) is 0 Å². The first-order valence-electron chi connectivity index (χ1n) is 7.02. The monoisotopic (exact) mass is 314 g/mol. The van der Waals surface area contributed by atoms with Crippen molar-refractivity contribution in [2.24, 2.45) is 0 Å². The lowest BCUT2D eigenvalue weighted by Gasteiger charge is -2.22. The molecule has 1 saturated heterocycles. The molecule has 1 rings (SSSR count). The fourth-order valence-corrected chi connectivity index (χ4v) is 1.97. The molecule has 2 N–H and O–H groups in total. The minimum absolute atomic E-state index is 0.220. The fraction of sp³-hybridized carbons (Fsp3) is 0.714. The predicted molar refractivity (Wildman–Crippen MR) is 75.6 cm³/mol. The third-order valence-corrected chi connectivity index (χ3v) is 2.90. The van der Waals surface area contributed by atoms with Crippen LogP contribution in [0.4, 0.5) is 0 Å². The highest BCUT2D eigenvalue weighted by Crippen LogP contribution is 2.11. The van der Waals surface area contributed by atoms with Crippen LogP contribution >= 0.6 is 0 Å². The van der Waals surface area contributed by atoms with Gasteiger partial charge in [0.05, 0.1) is 13.5 Å². The lowest BCUT2D eigenvalue weighted by Crippen LogP contribution is -2.50. The van der Waals surface area contributed by atoms with Crippen molar-refractivity contribution in [3.63, 3.8) is 0 Å². The van der Waals surface area contributed by atoms with Crippen LogP contribution in [-0.2, 0) is 28.7 Å². The Labute approximate surface area is 128 Å². The van der Waals surface area contributed by atoms with Crippen molar-refractivity contribution in [3.8, 4) is 0 Å². The van der Waals surface area contributed by atoms with Gasteiger partial charge in [0.1, 0.15) is 17.7 Å². The number of nitrogens with one attached hydrogen (secondary N) is 2. The number of methoxy groups -OCH3 is 1.